The Hall–Kier alpha value is -1.63. The number of rotatable bonds is 3. The van der Waals surface area contributed by atoms with Gasteiger partial charge in [0.05, 0.1) is 0 Å². The van der Waals surface area contributed by atoms with E-state index < -0.39 is 0 Å². The van der Waals surface area contributed by atoms with Gasteiger partial charge in [0.25, 0.3) is 0 Å². The number of carbonyl (C=O) groups is 1. The van der Waals surface area contributed by atoms with Crippen molar-refractivity contribution in [1.82, 2.24) is 0 Å². The summed E-state index contributed by atoms with van der Waals surface area (Å²) in [7, 11) is 0. The van der Waals surface area contributed by atoms with Crippen LogP contribution in [0.25, 0.3) is 0 Å². The lowest BCUT2D eigenvalue weighted by molar-refractivity contribution is 0.104. The average Bonchev–Trinajstić information content (AvgIpc) is 3.40. The maximum atomic E-state index is 11.8. The van der Waals surface area contributed by atoms with Crippen LogP contribution in [0.3, 0.4) is 0 Å². The molecule has 1 saturated carbocycles. The van der Waals surface area contributed by atoms with Gasteiger partial charge in [0.2, 0.25) is 0 Å². The lowest BCUT2D eigenvalue weighted by Gasteiger charge is -2.09. The smallest absolute Gasteiger partial charge is 0.185 e. The highest BCUT2D eigenvalue weighted by molar-refractivity contribution is 6.05. The topological polar surface area (TPSA) is 17.1 Å². The molecule has 1 heteroatoms. The Morgan fingerprint density at radius 2 is 1.55 bits per heavy atom. The standard InChI is InChI=1S/C15H18O.2C2H6.C2H4/c1-4-5-15(16)14-9-10(2)13(8-11(14)3)12-6-7-12;3*1-2/h4-5,8-9,12H,6-7H2,1-3H3;2*1-2H3;1-2H2/b5-4+;;;. The van der Waals surface area contributed by atoms with Crippen molar-refractivity contribution in [3.05, 3.63) is 59.7 Å². The molecule has 0 saturated heterocycles. The summed E-state index contributed by atoms with van der Waals surface area (Å²) < 4.78 is 0. The molecule has 1 aliphatic rings. The zero-order valence-electron chi connectivity index (χ0n) is 15.6. The lowest BCUT2D eigenvalue weighted by Crippen LogP contribution is -2.01. The van der Waals surface area contributed by atoms with Crippen molar-refractivity contribution in [3.63, 3.8) is 0 Å². The summed E-state index contributed by atoms with van der Waals surface area (Å²) in [6.07, 6.45) is 6.05. The van der Waals surface area contributed by atoms with Gasteiger partial charge in [-0.05, 0) is 68.4 Å². The number of benzene rings is 1. The third-order valence-corrected chi connectivity index (χ3v) is 3.21. The first-order valence-corrected chi connectivity index (χ1v) is 8.41. The molecule has 1 nitrogen and oxygen atoms in total. The molecule has 1 aromatic carbocycles. The predicted molar refractivity (Wildman–Crippen MR) is 101 cm³/mol. The summed E-state index contributed by atoms with van der Waals surface area (Å²) >= 11 is 0. The molecule has 0 unspecified atom stereocenters. The van der Waals surface area contributed by atoms with Crippen molar-refractivity contribution >= 4 is 5.78 Å². The van der Waals surface area contributed by atoms with Gasteiger partial charge in [0.15, 0.2) is 5.78 Å². The fourth-order valence-electron chi connectivity index (χ4n) is 2.18. The van der Waals surface area contributed by atoms with Crippen LogP contribution in [0.1, 0.15) is 80.4 Å². The Kier molecular flexibility index (Phi) is 13.4. The third kappa shape index (κ3) is 6.89. The predicted octanol–water partition coefficient (Wildman–Crippen LogP) is 6.79. The van der Waals surface area contributed by atoms with E-state index in [0.29, 0.717) is 0 Å². The van der Waals surface area contributed by atoms with Gasteiger partial charge in [0, 0.05) is 5.56 Å². The summed E-state index contributed by atoms with van der Waals surface area (Å²) in [4.78, 5) is 11.8. The normalized spacial score (nSPS) is 12.1. The van der Waals surface area contributed by atoms with Crippen molar-refractivity contribution in [1.29, 1.82) is 0 Å². The Bertz CT molecular complexity index is 465. The number of carbonyl (C=O) groups excluding carboxylic acids is 1. The van der Waals surface area contributed by atoms with Gasteiger partial charge in [-0.25, -0.2) is 0 Å². The van der Waals surface area contributed by atoms with Crippen molar-refractivity contribution < 1.29 is 4.79 Å². The van der Waals surface area contributed by atoms with E-state index in [9.17, 15) is 4.79 Å². The van der Waals surface area contributed by atoms with E-state index in [2.05, 4.69) is 26.1 Å². The molecular formula is C21H34O. The highest BCUT2D eigenvalue weighted by Gasteiger charge is 2.25. The highest BCUT2D eigenvalue weighted by Crippen LogP contribution is 2.42. The zero-order valence-corrected chi connectivity index (χ0v) is 15.6. The highest BCUT2D eigenvalue weighted by atomic mass is 16.1. The van der Waals surface area contributed by atoms with Crippen molar-refractivity contribution in [2.45, 2.75) is 67.2 Å². The molecular weight excluding hydrogens is 268 g/mol. The zero-order chi connectivity index (χ0) is 17.7. The van der Waals surface area contributed by atoms with Crippen LogP contribution in [0.15, 0.2) is 37.4 Å². The second-order valence-corrected chi connectivity index (χ2v) is 4.66. The van der Waals surface area contributed by atoms with Crippen LogP contribution in [0.2, 0.25) is 0 Å². The maximum absolute atomic E-state index is 11.8. The van der Waals surface area contributed by atoms with Gasteiger partial charge in [-0.2, -0.15) is 0 Å². The van der Waals surface area contributed by atoms with Crippen molar-refractivity contribution in [2.24, 2.45) is 0 Å². The number of ketones is 1. The van der Waals surface area contributed by atoms with E-state index >= 15 is 0 Å². The molecule has 0 heterocycles. The van der Waals surface area contributed by atoms with Gasteiger partial charge in [0.1, 0.15) is 0 Å². The molecule has 0 amide bonds. The second kappa shape index (κ2) is 13.1. The minimum absolute atomic E-state index is 0.116. The van der Waals surface area contributed by atoms with Crippen LogP contribution in [-0.4, -0.2) is 5.78 Å². The molecule has 0 N–H and O–H groups in total. The van der Waals surface area contributed by atoms with Crippen molar-refractivity contribution in [3.8, 4) is 0 Å². The number of aryl methyl sites for hydroxylation is 2. The van der Waals surface area contributed by atoms with E-state index in [4.69, 9.17) is 0 Å². The van der Waals surface area contributed by atoms with E-state index in [1.165, 1.54) is 24.0 Å². The molecule has 22 heavy (non-hydrogen) atoms. The SMILES string of the molecule is C/C=C/C(=O)c1cc(C)c(C2CC2)cc1C.C=C.CC.CC. The molecule has 2 rings (SSSR count). The first-order valence-electron chi connectivity index (χ1n) is 8.41. The maximum Gasteiger partial charge on any atom is 0.185 e. The van der Waals surface area contributed by atoms with Crippen LogP contribution < -0.4 is 0 Å². The molecule has 0 spiro atoms. The summed E-state index contributed by atoms with van der Waals surface area (Å²) in [5.74, 6) is 0.870. The van der Waals surface area contributed by atoms with Crippen molar-refractivity contribution in [2.75, 3.05) is 0 Å². The van der Waals surface area contributed by atoms with Gasteiger partial charge in [-0.3, -0.25) is 4.79 Å². The summed E-state index contributed by atoms with van der Waals surface area (Å²) in [5.41, 5.74) is 4.66. The van der Waals surface area contributed by atoms with Gasteiger partial charge < -0.3 is 0 Å². The number of hydrogen-bond donors (Lipinski definition) is 0. The Labute approximate surface area is 138 Å². The number of hydrogen-bond acceptors (Lipinski definition) is 1. The first-order chi connectivity index (χ1) is 10.6. The first kappa shape index (κ1) is 22.6. The Morgan fingerprint density at radius 3 is 1.95 bits per heavy atom. The molecule has 0 aliphatic heterocycles. The second-order valence-electron chi connectivity index (χ2n) is 4.66. The molecule has 1 aliphatic carbocycles. The molecule has 0 radical (unpaired) electrons. The Balaban J connectivity index is 0. The van der Waals surface area contributed by atoms with Crippen LogP contribution in [0.4, 0.5) is 0 Å². The molecule has 0 atom stereocenters. The van der Waals surface area contributed by atoms with Crippen LogP contribution in [0, 0.1) is 13.8 Å². The van der Waals surface area contributed by atoms with Crippen LogP contribution >= 0.6 is 0 Å². The summed E-state index contributed by atoms with van der Waals surface area (Å²) in [5, 5.41) is 0. The number of allylic oxidation sites excluding steroid dienone is 2. The van der Waals surface area contributed by atoms with E-state index in [1.807, 2.05) is 47.6 Å². The minimum Gasteiger partial charge on any atom is -0.289 e. The molecule has 1 aromatic rings. The molecule has 0 bridgehead atoms. The summed E-state index contributed by atoms with van der Waals surface area (Å²) in [6.45, 7) is 20.0. The van der Waals surface area contributed by atoms with Gasteiger partial charge >= 0.3 is 0 Å². The fraction of sp³-hybridized carbons (Fsp3) is 0.476. The van der Waals surface area contributed by atoms with Gasteiger partial charge in [-0.1, -0.05) is 39.8 Å². The monoisotopic (exact) mass is 302 g/mol. The van der Waals surface area contributed by atoms with E-state index in [-0.39, 0.29) is 5.78 Å². The summed E-state index contributed by atoms with van der Waals surface area (Å²) in [6, 6.07) is 4.25. The van der Waals surface area contributed by atoms with Crippen LogP contribution in [-0.2, 0) is 0 Å². The Morgan fingerprint density at radius 1 is 1.05 bits per heavy atom. The fourth-order valence-corrected chi connectivity index (χ4v) is 2.18. The quantitative estimate of drug-likeness (QED) is 0.341. The molecule has 1 fully saturated rings. The lowest BCUT2D eigenvalue weighted by atomic mass is 9.95. The molecule has 124 valence electrons. The minimum atomic E-state index is 0.116. The van der Waals surface area contributed by atoms with E-state index in [0.717, 1.165) is 17.0 Å². The third-order valence-electron chi connectivity index (χ3n) is 3.21. The van der Waals surface area contributed by atoms with Crippen LogP contribution in [0.5, 0.6) is 0 Å². The van der Waals surface area contributed by atoms with E-state index in [1.54, 1.807) is 12.2 Å². The molecule has 0 aromatic heterocycles. The largest absolute Gasteiger partial charge is 0.289 e. The van der Waals surface area contributed by atoms with Gasteiger partial charge in [-0.15, -0.1) is 13.2 Å². The average molecular weight is 303 g/mol.